The zero-order valence-electron chi connectivity index (χ0n) is 7.80. The van der Waals surface area contributed by atoms with E-state index in [2.05, 4.69) is 14.6 Å². The van der Waals surface area contributed by atoms with E-state index in [1.54, 1.807) is 24.5 Å². The lowest BCUT2D eigenvalue weighted by Gasteiger charge is -2.07. The summed E-state index contributed by atoms with van der Waals surface area (Å²) in [5, 5.41) is 0. The molecule has 0 aliphatic rings. The van der Waals surface area contributed by atoms with E-state index in [1.165, 1.54) is 7.11 Å². The summed E-state index contributed by atoms with van der Waals surface area (Å²) < 4.78 is 4.61. The Balaban J connectivity index is 2.90. The molecule has 1 heterocycles. The van der Waals surface area contributed by atoms with E-state index < -0.39 is 11.9 Å². The first-order chi connectivity index (χ1) is 6.79. The van der Waals surface area contributed by atoms with Crippen LogP contribution in [0.4, 0.5) is 0 Å². The number of carbonyl (C=O) groups excluding carboxylic acids is 1. The average molecular weight is 190 g/mol. The normalized spacial score (nSPS) is 11.4. The first kappa shape index (κ1) is 10.2. The van der Waals surface area contributed by atoms with Gasteiger partial charge in [0.2, 0.25) is 6.54 Å². The molecule has 4 nitrogen and oxygen atoms in total. The lowest BCUT2D eigenvalue weighted by Crippen LogP contribution is -2.16. The van der Waals surface area contributed by atoms with Crippen LogP contribution in [-0.2, 0) is 9.53 Å². The maximum Gasteiger partial charge on any atom is 0.320 e. The Morgan fingerprint density at radius 1 is 1.79 bits per heavy atom. The van der Waals surface area contributed by atoms with Gasteiger partial charge in [0, 0.05) is 12.4 Å². The van der Waals surface area contributed by atoms with Crippen molar-refractivity contribution >= 4 is 5.97 Å². The predicted molar refractivity (Wildman–Crippen MR) is 50.5 cm³/mol. The number of nitrogens with zero attached hydrogens (tertiary/aromatic N) is 2. The predicted octanol–water partition coefficient (Wildman–Crippen LogP) is 1.26. The van der Waals surface area contributed by atoms with Gasteiger partial charge >= 0.3 is 5.97 Å². The minimum Gasteiger partial charge on any atom is -0.468 e. The van der Waals surface area contributed by atoms with Gasteiger partial charge in [0.05, 0.1) is 7.11 Å². The van der Waals surface area contributed by atoms with E-state index in [1.807, 2.05) is 0 Å². The number of ether oxygens (including phenoxy) is 1. The number of esters is 1. The third-order valence-electron chi connectivity index (χ3n) is 1.85. The Hall–Kier alpha value is -1.89. The highest BCUT2D eigenvalue weighted by molar-refractivity contribution is 5.78. The molecule has 0 bridgehead atoms. The van der Waals surface area contributed by atoms with Crippen LogP contribution in [0.5, 0.6) is 0 Å². The molecule has 1 unspecified atom stereocenters. The molecule has 0 aromatic carbocycles. The highest BCUT2D eigenvalue weighted by Gasteiger charge is 2.24. The number of pyridine rings is 1. The maximum absolute atomic E-state index is 11.3. The second-order valence-electron chi connectivity index (χ2n) is 2.70. The molecule has 14 heavy (non-hydrogen) atoms. The summed E-state index contributed by atoms with van der Waals surface area (Å²) in [6, 6.07) is 3.50. The number of hydrogen-bond acceptors (Lipinski definition) is 3. The van der Waals surface area contributed by atoms with Crippen LogP contribution in [0.3, 0.4) is 0 Å². The number of rotatable bonds is 3. The molecular weight excluding hydrogens is 180 g/mol. The molecule has 0 N–H and O–H groups in total. The molecule has 0 saturated carbocycles. The largest absolute Gasteiger partial charge is 0.468 e. The van der Waals surface area contributed by atoms with Gasteiger partial charge in [0.25, 0.3) is 0 Å². The van der Waals surface area contributed by atoms with E-state index in [9.17, 15) is 4.79 Å². The molecule has 1 rings (SSSR count). The maximum atomic E-state index is 11.3. The van der Waals surface area contributed by atoms with Crippen molar-refractivity contribution in [3.8, 4) is 0 Å². The van der Waals surface area contributed by atoms with Gasteiger partial charge in [-0.05, 0) is 11.6 Å². The average Bonchev–Trinajstić information content (AvgIpc) is 2.26. The summed E-state index contributed by atoms with van der Waals surface area (Å²) in [6.45, 7) is 6.84. The quantitative estimate of drug-likeness (QED) is 0.532. The van der Waals surface area contributed by atoms with E-state index in [4.69, 9.17) is 6.57 Å². The molecule has 72 valence electrons. The van der Waals surface area contributed by atoms with Crippen LogP contribution in [0.2, 0.25) is 0 Å². The lowest BCUT2D eigenvalue weighted by atomic mass is 10.0. The van der Waals surface area contributed by atoms with Gasteiger partial charge in [0.1, 0.15) is 0 Å². The standard InChI is InChI=1S/C10H10N2O2/c1-11-7-9(10(13)14-2)8-4-3-5-12-6-8/h3-6,9H,7H2,2H3. The van der Waals surface area contributed by atoms with Crippen LogP contribution in [0.1, 0.15) is 11.5 Å². The summed E-state index contributed by atoms with van der Waals surface area (Å²) in [5.41, 5.74) is 0.718. The molecule has 1 aromatic rings. The fourth-order valence-electron chi connectivity index (χ4n) is 1.13. The van der Waals surface area contributed by atoms with Crippen molar-refractivity contribution in [2.24, 2.45) is 0 Å². The van der Waals surface area contributed by atoms with Crippen molar-refractivity contribution in [1.82, 2.24) is 4.98 Å². The van der Waals surface area contributed by atoms with Crippen LogP contribution in [0, 0.1) is 6.57 Å². The molecule has 0 amide bonds. The van der Waals surface area contributed by atoms with Gasteiger partial charge in [-0.15, -0.1) is 0 Å². The van der Waals surface area contributed by atoms with Crippen LogP contribution in [0.25, 0.3) is 4.85 Å². The Morgan fingerprint density at radius 2 is 2.57 bits per heavy atom. The first-order valence-electron chi connectivity index (χ1n) is 4.10. The summed E-state index contributed by atoms with van der Waals surface area (Å²) in [5.74, 6) is -0.916. The van der Waals surface area contributed by atoms with Crippen molar-refractivity contribution in [1.29, 1.82) is 0 Å². The minimum absolute atomic E-state index is 0.0956. The SMILES string of the molecule is [C-]#[N+]CC(C(=O)OC)c1cccnc1. The van der Waals surface area contributed by atoms with Gasteiger partial charge in [-0.2, -0.15) is 0 Å². The molecule has 0 fully saturated rings. The zero-order valence-corrected chi connectivity index (χ0v) is 7.80. The lowest BCUT2D eigenvalue weighted by molar-refractivity contribution is -0.142. The fraction of sp³-hybridized carbons (Fsp3) is 0.300. The van der Waals surface area contributed by atoms with E-state index in [0.29, 0.717) is 0 Å². The van der Waals surface area contributed by atoms with Crippen molar-refractivity contribution in [2.75, 3.05) is 13.7 Å². The van der Waals surface area contributed by atoms with Gasteiger partial charge < -0.3 is 9.58 Å². The second-order valence-corrected chi connectivity index (χ2v) is 2.70. The Labute approximate surface area is 82.4 Å². The molecule has 1 aromatic heterocycles. The third-order valence-corrected chi connectivity index (χ3v) is 1.85. The van der Waals surface area contributed by atoms with Crippen molar-refractivity contribution in [3.63, 3.8) is 0 Å². The highest BCUT2D eigenvalue weighted by atomic mass is 16.5. The van der Waals surface area contributed by atoms with Gasteiger partial charge in [-0.3, -0.25) is 9.78 Å². The molecule has 0 aliphatic heterocycles. The summed E-state index contributed by atoms with van der Waals surface area (Å²) >= 11 is 0. The van der Waals surface area contributed by atoms with Crippen LogP contribution in [0.15, 0.2) is 24.5 Å². The van der Waals surface area contributed by atoms with Crippen molar-refractivity contribution in [3.05, 3.63) is 41.5 Å². The van der Waals surface area contributed by atoms with Crippen molar-refractivity contribution < 1.29 is 9.53 Å². The second kappa shape index (κ2) is 4.97. The summed E-state index contributed by atoms with van der Waals surface area (Å²) in [7, 11) is 1.32. The molecule has 4 heteroatoms. The van der Waals surface area contributed by atoms with Crippen LogP contribution < -0.4 is 0 Å². The summed E-state index contributed by atoms with van der Waals surface area (Å²) in [6.07, 6.45) is 3.20. The van der Waals surface area contributed by atoms with E-state index >= 15 is 0 Å². The number of methoxy groups -OCH3 is 1. The highest BCUT2D eigenvalue weighted by Crippen LogP contribution is 2.16. The molecule has 0 radical (unpaired) electrons. The van der Waals surface area contributed by atoms with Crippen molar-refractivity contribution in [2.45, 2.75) is 5.92 Å². The summed E-state index contributed by atoms with van der Waals surface area (Å²) in [4.78, 5) is 18.4. The Kier molecular flexibility index (Phi) is 3.62. The molecule has 1 atom stereocenters. The molecular formula is C10H10N2O2. The molecule has 0 spiro atoms. The smallest absolute Gasteiger partial charge is 0.320 e. The molecule has 0 saturated heterocycles. The van der Waals surface area contributed by atoms with Crippen LogP contribution >= 0.6 is 0 Å². The topological polar surface area (TPSA) is 43.5 Å². The molecule has 0 aliphatic carbocycles. The van der Waals surface area contributed by atoms with Gasteiger partial charge in [-0.1, -0.05) is 6.07 Å². The Morgan fingerprint density at radius 3 is 3.07 bits per heavy atom. The zero-order chi connectivity index (χ0) is 10.4. The van der Waals surface area contributed by atoms with E-state index in [0.717, 1.165) is 5.56 Å². The van der Waals surface area contributed by atoms with E-state index in [-0.39, 0.29) is 6.54 Å². The number of hydrogen-bond donors (Lipinski definition) is 0. The Bertz CT molecular complexity index is 343. The monoisotopic (exact) mass is 190 g/mol. The van der Waals surface area contributed by atoms with Gasteiger partial charge in [-0.25, -0.2) is 6.57 Å². The minimum atomic E-state index is -0.522. The third kappa shape index (κ3) is 2.30. The number of carbonyl (C=O) groups is 1. The van der Waals surface area contributed by atoms with Crippen LogP contribution in [-0.4, -0.2) is 24.6 Å². The first-order valence-corrected chi connectivity index (χ1v) is 4.10. The number of aromatic nitrogens is 1. The fourth-order valence-corrected chi connectivity index (χ4v) is 1.13. The van der Waals surface area contributed by atoms with Gasteiger partial charge in [0.15, 0.2) is 5.92 Å².